The van der Waals surface area contributed by atoms with Crippen LogP contribution in [0.5, 0.6) is 0 Å². The van der Waals surface area contributed by atoms with Gasteiger partial charge in [0.1, 0.15) is 0 Å². The van der Waals surface area contributed by atoms with Gasteiger partial charge >= 0.3 is 0 Å². The number of nitrogens with one attached hydrogen (secondary N) is 1. The summed E-state index contributed by atoms with van der Waals surface area (Å²) in [5.41, 5.74) is -0.430. The first-order chi connectivity index (χ1) is 10.4. The third-order valence-corrected chi connectivity index (χ3v) is 6.53. The molecule has 0 amide bonds. The molecule has 1 aromatic rings. The number of rotatable bonds is 3. The second kappa shape index (κ2) is 6.90. The highest BCUT2D eigenvalue weighted by Crippen LogP contribution is 2.37. The summed E-state index contributed by atoms with van der Waals surface area (Å²) in [5.74, 6) is 0. The Labute approximate surface area is 145 Å². The van der Waals surface area contributed by atoms with Crippen molar-refractivity contribution in [3.63, 3.8) is 0 Å². The van der Waals surface area contributed by atoms with Gasteiger partial charge in [-0.1, -0.05) is 11.6 Å². The van der Waals surface area contributed by atoms with Crippen LogP contribution in [0.3, 0.4) is 0 Å². The van der Waals surface area contributed by atoms with E-state index in [1.165, 1.54) is 16.4 Å². The molecule has 128 valence electrons. The fourth-order valence-electron chi connectivity index (χ4n) is 3.29. The van der Waals surface area contributed by atoms with Crippen molar-refractivity contribution in [2.45, 2.75) is 36.2 Å². The highest BCUT2D eigenvalue weighted by atomic mass is 35.5. The number of halogens is 2. The topological polar surface area (TPSA) is 92.5 Å². The summed E-state index contributed by atoms with van der Waals surface area (Å²) in [5, 5.41) is 14.6. The highest BCUT2D eigenvalue weighted by Gasteiger charge is 2.45. The summed E-state index contributed by atoms with van der Waals surface area (Å²) in [6, 6.07) is 3.39. The minimum absolute atomic E-state index is 0. The first-order valence-corrected chi connectivity index (χ1v) is 8.91. The molecule has 2 fully saturated rings. The van der Waals surface area contributed by atoms with Crippen molar-refractivity contribution in [2.24, 2.45) is 0 Å². The molecule has 2 aliphatic rings. The van der Waals surface area contributed by atoms with Gasteiger partial charge in [0.25, 0.3) is 15.7 Å². The Balaban J connectivity index is 0.00000192. The zero-order chi connectivity index (χ0) is 15.9. The lowest BCUT2D eigenvalue weighted by atomic mass is 10.1. The maximum Gasteiger partial charge on any atom is 0.289 e. The number of sulfonamides is 1. The summed E-state index contributed by atoms with van der Waals surface area (Å²) in [7, 11) is -3.95. The quantitative estimate of drug-likeness (QED) is 0.639. The Bertz CT molecular complexity index is 699. The van der Waals surface area contributed by atoms with Crippen molar-refractivity contribution in [3.05, 3.63) is 33.3 Å². The number of fused-ring (bicyclic) bond motifs is 2. The Morgan fingerprint density at radius 2 is 1.96 bits per heavy atom. The number of benzene rings is 1. The maximum atomic E-state index is 13.0. The van der Waals surface area contributed by atoms with E-state index in [1.807, 2.05) is 0 Å². The lowest BCUT2D eigenvalue weighted by Gasteiger charge is -2.26. The van der Waals surface area contributed by atoms with Crippen molar-refractivity contribution in [1.82, 2.24) is 9.62 Å². The molecule has 23 heavy (non-hydrogen) atoms. The van der Waals surface area contributed by atoms with Gasteiger partial charge in [-0.05, 0) is 37.9 Å². The van der Waals surface area contributed by atoms with E-state index in [-0.39, 0.29) is 34.4 Å². The molecule has 0 aliphatic carbocycles. The van der Waals surface area contributed by atoms with Gasteiger partial charge in [-0.3, -0.25) is 10.1 Å². The molecule has 0 spiro atoms. The first-order valence-electron chi connectivity index (χ1n) is 7.09. The Morgan fingerprint density at radius 3 is 2.65 bits per heavy atom. The van der Waals surface area contributed by atoms with Crippen molar-refractivity contribution in [2.75, 3.05) is 13.1 Å². The number of nitrogens with zero attached hydrogens (tertiary/aromatic N) is 2. The van der Waals surface area contributed by atoms with Crippen LogP contribution in [0.1, 0.15) is 19.3 Å². The predicted octanol–water partition coefficient (Wildman–Crippen LogP) is 2.18. The van der Waals surface area contributed by atoms with Crippen molar-refractivity contribution < 1.29 is 13.3 Å². The number of hydrogen-bond acceptors (Lipinski definition) is 5. The average Bonchev–Trinajstić information content (AvgIpc) is 2.72. The summed E-state index contributed by atoms with van der Waals surface area (Å²) in [6.45, 7) is 1.33. The molecule has 0 saturated carbocycles. The molecule has 1 aromatic carbocycles. The normalized spacial score (nSPS) is 24.7. The van der Waals surface area contributed by atoms with Gasteiger partial charge < -0.3 is 5.32 Å². The monoisotopic (exact) mass is 381 g/mol. The molecule has 2 atom stereocenters. The van der Waals surface area contributed by atoms with Crippen LogP contribution < -0.4 is 5.32 Å². The van der Waals surface area contributed by atoms with Crippen LogP contribution in [0.25, 0.3) is 0 Å². The van der Waals surface area contributed by atoms with Crippen LogP contribution in [-0.4, -0.2) is 42.8 Å². The zero-order valence-corrected chi connectivity index (χ0v) is 14.5. The Kier molecular flexibility index (Phi) is 5.52. The van der Waals surface area contributed by atoms with E-state index in [1.54, 1.807) is 0 Å². The van der Waals surface area contributed by atoms with E-state index in [2.05, 4.69) is 5.32 Å². The van der Waals surface area contributed by atoms with Crippen molar-refractivity contribution in [3.8, 4) is 0 Å². The molecule has 2 saturated heterocycles. The van der Waals surface area contributed by atoms with Gasteiger partial charge in [-0.2, -0.15) is 4.31 Å². The fraction of sp³-hybridized carbons (Fsp3) is 0.538. The van der Waals surface area contributed by atoms with E-state index >= 15 is 0 Å². The van der Waals surface area contributed by atoms with Crippen LogP contribution in [0.15, 0.2) is 23.1 Å². The molecular formula is C13H17Cl2N3O4S. The van der Waals surface area contributed by atoms with Gasteiger partial charge in [0.05, 0.1) is 4.92 Å². The first kappa shape index (κ1) is 18.4. The second-order valence-corrected chi connectivity index (χ2v) is 7.83. The van der Waals surface area contributed by atoms with E-state index in [9.17, 15) is 18.5 Å². The van der Waals surface area contributed by atoms with Crippen LogP contribution in [0.4, 0.5) is 5.69 Å². The summed E-state index contributed by atoms with van der Waals surface area (Å²) >= 11 is 5.87. The fourth-order valence-corrected chi connectivity index (χ4v) is 5.61. The van der Waals surface area contributed by atoms with Crippen LogP contribution in [0, 0.1) is 10.1 Å². The minimum atomic E-state index is -3.95. The van der Waals surface area contributed by atoms with Crippen LogP contribution >= 0.6 is 24.0 Å². The number of hydrogen-bond donors (Lipinski definition) is 1. The predicted molar refractivity (Wildman–Crippen MR) is 88.7 cm³/mol. The number of nitro benzene ring substituents is 1. The molecule has 2 unspecified atom stereocenters. The van der Waals surface area contributed by atoms with Gasteiger partial charge in [0.15, 0.2) is 4.90 Å². The van der Waals surface area contributed by atoms with Gasteiger partial charge in [0, 0.05) is 29.7 Å². The zero-order valence-electron chi connectivity index (χ0n) is 12.1. The molecule has 3 rings (SSSR count). The maximum absolute atomic E-state index is 13.0. The standard InChI is InChI=1S/C13H16ClN3O4S.ClH/c14-9-1-4-12(17(18)19)13(7-9)22(20,21)16-10-2-3-11(16)8-15-6-5-10;/h1,4,7,10-11,15H,2-3,5-6,8H2;1H. The van der Waals surface area contributed by atoms with Crippen molar-refractivity contribution in [1.29, 1.82) is 0 Å². The smallest absolute Gasteiger partial charge is 0.289 e. The van der Waals surface area contributed by atoms with E-state index < -0.39 is 20.6 Å². The van der Waals surface area contributed by atoms with Crippen LogP contribution in [-0.2, 0) is 10.0 Å². The lowest BCUT2D eigenvalue weighted by Crippen LogP contribution is -2.42. The lowest BCUT2D eigenvalue weighted by molar-refractivity contribution is -0.387. The molecule has 1 N–H and O–H groups in total. The van der Waals surface area contributed by atoms with Gasteiger partial charge in [-0.25, -0.2) is 8.42 Å². The highest BCUT2D eigenvalue weighted by molar-refractivity contribution is 7.89. The summed E-state index contributed by atoms with van der Waals surface area (Å²) in [6.07, 6.45) is 2.27. The molecule has 7 nitrogen and oxygen atoms in total. The third kappa shape index (κ3) is 3.32. The van der Waals surface area contributed by atoms with Gasteiger partial charge in [0.2, 0.25) is 0 Å². The van der Waals surface area contributed by atoms with Crippen LogP contribution in [0.2, 0.25) is 5.02 Å². The molecule has 0 radical (unpaired) electrons. The average molecular weight is 382 g/mol. The molecule has 0 aromatic heterocycles. The Morgan fingerprint density at radius 1 is 1.26 bits per heavy atom. The molecule has 10 heteroatoms. The number of nitro groups is 1. The summed E-state index contributed by atoms with van der Waals surface area (Å²) in [4.78, 5) is 10.2. The molecule has 2 aliphatic heterocycles. The molecule has 2 heterocycles. The van der Waals surface area contributed by atoms with Gasteiger partial charge in [-0.15, -0.1) is 12.4 Å². The second-order valence-electron chi connectivity index (χ2n) is 5.58. The Hall–Kier alpha value is -0.930. The SMILES string of the molecule is Cl.O=[N+]([O-])c1ccc(Cl)cc1S(=O)(=O)N1C2CCNCC1CC2. The third-order valence-electron chi connectivity index (χ3n) is 4.26. The van der Waals surface area contributed by atoms with Crippen molar-refractivity contribution >= 4 is 39.7 Å². The van der Waals surface area contributed by atoms with E-state index in [0.29, 0.717) is 13.0 Å². The summed E-state index contributed by atoms with van der Waals surface area (Å²) < 4.78 is 27.5. The molecular weight excluding hydrogens is 365 g/mol. The van der Waals surface area contributed by atoms with E-state index in [0.717, 1.165) is 25.5 Å². The molecule has 2 bridgehead atoms. The largest absolute Gasteiger partial charge is 0.315 e. The minimum Gasteiger partial charge on any atom is -0.315 e. The van der Waals surface area contributed by atoms with E-state index in [4.69, 9.17) is 11.6 Å².